The lowest BCUT2D eigenvalue weighted by Crippen LogP contribution is -2.37. The first-order chi connectivity index (χ1) is 8.76. The average Bonchev–Trinajstić information content (AvgIpc) is 2.38. The fourth-order valence-electron chi connectivity index (χ4n) is 1.45. The molecule has 0 radical (unpaired) electrons. The molecule has 98 valence electrons. The number of rotatable bonds is 7. The van der Waals surface area contributed by atoms with Crippen molar-refractivity contribution in [3.8, 4) is 0 Å². The molecule has 1 aromatic heterocycles. The van der Waals surface area contributed by atoms with Gasteiger partial charge in [0.15, 0.2) is 0 Å². The summed E-state index contributed by atoms with van der Waals surface area (Å²) < 4.78 is 4.96. The third kappa shape index (κ3) is 5.56. The van der Waals surface area contributed by atoms with E-state index >= 15 is 0 Å². The Bertz CT molecular complexity index is 373. The molecule has 0 aliphatic carbocycles. The maximum Gasteiger partial charge on any atom is 0.244 e. The first-order valence-electron chi connectivity index (χ1n) is 5.74. The predicted octanol–water partition coefficient (Wildman–Crippen LogP) is 0.608. The van der Waals surface area contributed by atoms with Gasteiger partial charge < -0.3 is 15.2 Å². The number of carbonyl (C=O) groups is 1. The third-order valence-corrected chi connectivity index (χ3v) is 2.30. The van der Waals surface area contributed by atoms with E-state index in [0.717, 1.165) is 5.56 Å². The van der Waals surface area contributed by atoms with Crippen LogP contribution in [0, 0.1) is 0 Å². The standard InChI is InChI=1S/C13H18N2O3/c1-18-10-12(6-8-16)15-13(17)5-4-11-3-2-7-14-9-11/h2-5,7,9,12,16H,6,8,10H2,1H3,(H,15,17)/b5-4+. The summed E-state index contributed by atoms with van der Waals surface area (Å²) in [4.78, 5) is 15.6. The number of ether oxygens (including phenoxy) is 1. The van der Waals surface area contributed by atoms with Crippen LogP contribution in [-0.4, -0.2) is 42.4 Å². The molecule has 0 fully saturated rings. The third-order valence-electron chi connectivity index (χ3n) is 2.30. The maximum absolute atomic E-state index is 11.6. The van der Waals surface area contributed by atoms with Crippen molar-refractivity contribution in [3.63, 3.8) is 0 Å². The summed E-state index contributed by atoms with van der Waals surface area (Å²) in [7, 11) is 1.56. The molecule has 2 N–H and O–H groups in total. The molecule has 5 nitrogen and oxygen atoms in total. The van der Waals surface area contributed by atoms with Gasteiger partial charge in [0, 0.05) is 32.2 Å². The number of pyridine rings is 1. The number of aromatic nitrogens is 1. The highest BCUT2D eigenvalue weighted by Crippen LogP contribution is 1.99. The predicted molar refractivity (Wildman–Crippen MR) is 68.8 cm³/mol. The molecule has 1 rings (SSSR count). The van der Waals surface area contributed by atoms with E-state index in [1.54, 1.807) is 31.6 Å². The maximum atomic E-state index is 11.6. The van der Waals surface area contributed by atoms with Gasteiger partial charge in [0.2, 0.25) is 5.91 Å². The zero-order chi connectivity index (χ0) is 13.2. The molecule has 0 bridgehead atoms. The Hall–Kier alpha value is -1.72. The molecule has 1 amide bonds. The second-order valence-electron chi connectivity index (χ2n) is 3.79. The van der Waals surface area contributed by atoms with Gasteiger partial charge in [-0.1, -0.05) is 6.07 Å². The van der Waals surface area contributed by atoms with Gasteiger partial charge >= 0.3 is 0 Å². The number of aliphatic hydroxyl groups excluding tert-OH is 1. The number of hydrogen-bond acceptors (Lipinski definition) is 4. The summed E-state index contributed by atoms with van der Waals surface area (Å²) in [6, 6.07) is 3.49. The summed E-state index contributed by atoms with van der Waals surface area (Å²) in [6.07, 6.45) is 6.94. The van der Waals surface area contributed by atoms with E-state index in [-0.39, 0.29) is 18.6 Å². The van der Waals surface area contributed by atoms with Gasteiger partial charge in [0.05, 0.1) is 12.6 Å². The topological polar surface area (TPSA) is 71.5 Å². The van der Waals surface area contributed by atoms with Crippen LogP contribution in [0.25, 0.3) is 6.08 Å². The molecular formula is C13H18N2O3. The first-order valence-corrected chi connectivity index (χ1v) is 5.74. The molecule has 1 heterocycles. The summed E-state index contributed by atoms with van der Waals surface area (Å²) in [5.41, 5.74) is 0.859. The van der Waals surface area contributed by atoms with Gasteiger partial charge in [-0.3, -0.25) is 9.78 Å². The summed E-state index contributed by atoms with van der Waals surface area (Å²) in [5.74, 6) is -0.214. The fourth-order valence-corrected chi connectivity index (χ4v) is 1.45. The number of carbonyl (C=O) groups excluding carboxylic acids is 1. The quantitative estimate of drug-likeness (QED) is 0.695. The SMILES string of the molecule is COCC(CCO)NC(=O)/C=C/c1cccnc1. The van der Waals surface area contributed by atoms with Crippen LogP contribution in [-0.2, 0) is 9.53 Å². The van der Waals surface area contributed by atoms with E-state index in [0.29, 0.717) is 13.0 Å². The molecule has 1 unspecified atom stereocenters. The second kappa shape index (κ2) is 8.38. The Morgan fingerprint density at radius 3 is 3.11 bits per heavy atom. The molecule has 5 heteroatoms. The molecule has 0 aromatic carbocycles. The van der Waals surface area contributed by atoms with Crippen molar-refractivity contribution >= 4 is 12.0 Å². The molecule has 0 spiro atoms. The van der Waals surface area contributed by atoms with Gasteiger partial charge in [0.1, 0.15) is 0 Å². The molecule has 0 saturated carbocycles. The van der Waals surface area contributed by atoms with Gasteiger partial charge in [0.25, 0.3) is 0 Å². The minimum Gasteiger partial charge on any atom is -0.396 e. The number of aliphatic hydroxyl groups is 1. The van der Waals surface area contributed by atoms with Crippen LogP contribution in [0.2, 0.25) is 0 Å². The monoisotopic (exact) mass is 250 g/mol. The smallest absolute Gasteiger partial charge is 0.244 e. The summed E-state index contributed by atoms with van der Waals surface area (Å²) in [5, 5.41) is 11.6. The number of nitrogens with one attached hydrogen (secondary N) is 1. The molecule has 0 aliphatic rings. The number of methoxy groups -OCH3 is 1. The fraction of sp³-hybridized carbons (Fsp3) is 0.385. The Kier molecular flexibility index (Phi) is 6.68. The van der Waals surface area contributed by atoms with E-state index in [1.165, 1.54) is 6.08 Å². The van der Waals surface area contributed by atoms with Crippen LogP contribution in [0.15, 0.2) is 30.6 Å². The zero-order valence-corrected chi connectivity index (χ0v) is 10.4. The van der Waals surface area contributed by atoms with E-state index in [4.69, 9.17) is 9.84 Å². The highest BCUT2D eigenvalue weighted by atomic mass is 16.5. The van der Waals surface area contributed by atoms with Crippen LogP contribution in [0.5, 0.6) is 0 Å². The number of amides is 1. The largest absolute Gasteiger partial charge is 0.396 e. The van der Waals surface area contributed by atoms with Crippen molar-refractivity contribution in [2.75, 3.05) is 20.3 Å². The van der Waals surface area contributed by atoms with Crippen LogP contribution < -0.4 is 5.32 Å². The van der Waals surface area contributed by atoms with E-state index in [2.05, 4.69) is 10.3 Å². The molecule has 0 aliphatic heterocycles. The first kappa shape index (κ1) is 14.3. The van der Waals surface area contributed by atoms with Crippen molar-refractivity contribution in [2.24, 2.45) is 0 Å². The van der Waals surface area contributed by atoms with Gasteiger partial charge in [-0.15, -0.1) is 0 Å². The Balaban J connectivity index is 2.47. The van der Waals surface area contributed by atoms with Crippen LogP contribution in [0.4, 0.5) is 0 Å². The summed E-state index contributed by atoms with van der Waals surface area (Å²) >= 11 is 0. The molecule has 18 heavy (non-hydrogen) atoms. The van der Waals surface area contributed by atoms with E-state index < -0.39 is 0 Å². The number of nitrogens with zero attached hydrogens (tertiary/aromatic N) is 1. The van der Waals surface area contributed by atoms with Crippen LogP contribution >= 0.6 is 0 Å². The minimum absolute atomic E-state index is 0.0145. The Labute approximate surface area is 107 Å². The lowest BCUT2D eigenvalue weighted by molar-refractivity contribution is -0.117. The van der Waals surface area contributed by atoms with Crippen molar-refractivity contribution < 1.29 is 14.6 Å². The van der Waals surface area contributed by atoms with Crippen molar-refractivity contribution in [3.05, 3.63) is 36.2 Å². The lowest BCUT2D eigenvalue weighted by atomic mass is 10.2. The highest BCUT2D eigenvalue weighted by molar-refractivity contribution is 5.91. The highest BCUT2D eigenvalue weighted by Gasteiger charge is 2.09. The Morgan fingerprint density at radius 1 is 1.67 bits per heavy atom. The normalized spacial score (nSPS) is 12.6. The number of hydrogen-bond donors (Lipinski definition) is 2. The van der Waals surface area contributed by atoms with Gasteiger partial charge in [-0.2, -0.15) is 0 Å². The summed E-state index contributed by atoms with van der Waals surface area (Å²) in [6.45, 7) is 0.396. The second-order valence-corrected chi connectivity index (χ2v) is 3.79. The van der Waals surface area contributed by atoms with Crippen LogP contribution in [0.1, 0.15) is 12.0 Å². The van der Waals surface area contributed by atoms with Gasteiger partial charge in [-0.25, -0.2) is 0 Å². The average molecular weight is 250 g/mol. The zero-order valence-electron chi connectivity index (χ0n) is 10.4. The van der Waals surface area contributed by atoms with Crippen molar-refractivity contribution in [1.82, 2.24) is 10.3 Å². The van der Waals surface area contributed by atoms with E-state index in [9.17, 15) is 4.79 Å². The van der Waals surface area contributed by atoms with Crippen molar-refractivity contribution in [2.45, 2.75) is 12.5 Å². The van der Waals surface area contributed by atoms with Gasteiger partial charge in [-0.05, 0) is 24.1 Å². The molecule has 1 aromatic rings. The van der Waals surface area contributed by atoms with Crippen molar-refractivity contribution in [1.29, 1.82) is 0 Å². The lowest BCUT2D eigenvalue weighted by Gasteiger charge is -2.15. The Morgan fingerprint density at radius 2 is 2.50 bits per heavy atom. The molecular weight excluding hydrogens is 232 g/mol. The molecule has 0 saturated heterocycles. The minimum atomic E-state index is -0.214. The van der Waals surface area contributed by atoms with Crippen LogP contribution in [0.3, 0.4) is 0 Å². The molecule has 1 atom stereocenters. The van der Waals surface area contributed by atoms with E-state index in [1.807, 2.05) is 6.07 Å².